The lowest BCUT2D eigenvalue weighted by Crippen LogP contribution is -2.35. The van der Waals surface area contributed by atoms with Gasteiger partial charge >= 0.3 is 0 Å². The van der Waals surface area contributed by atoms with Crippen LogP contribution in [0.4, 0.5) is 5.82 Å². The fourth-order valence-corrected chi connectivity index (χ4v) is 5.44. The van der Waals surface area contributed by atoms with E-state index in [0.717, 1.165) is 34.5 Å². The molecule has 2 aromatic carbocycles. The summed E-state index contributed by atoms with van der Waals surface area (Å²) in [6.45, 7) is 7.13. The number of aromatic nitrogens is 3. The molecule has 0 spiro atoms. The van der Waals surface area contributed by atoms with E-state index in [2.05, 4.69) is 91.4 Å². The molecule has 0 bridgehead atoms. The molecule has 0 unspecified atom stereocenters. The van der Waals surface area contributed by atoms with E-state index in [-0.39, 0.29) is 0 Å². The first kappa shape index (κ1) is 19.8. The van der Waals surface area contributed by atoms with E-state index in [9.17, 15) is 0 Å². The van der Waals surface area contributed by atoms with Crippen LogP contribution >= 0.6 is 0 Å². The van der Waals surface area contributed by atoms with Gasteiger partial charge in [0.1, 0.15) is 12.1 Å². The van der Waals surface area contributed by atoms with Crippen molar-refractivity contribution in [1.29, 1.82) is 0 Å². The predicted molar refractivity (Wildman–Crippen MR) is 129 cm³/mol. The van der Waals surface area contributed by atoms with Gasteiger partial charge in [0.25, 0.3) is 0 Å². The standard InChI is InChI=1S/C27H30N4/c1-19-14-21(16-27(2,3)15-19)30-25-24-23(20-10-6-4-7-11-20)17-31(26(24)29-18-28-25)22-12-8-5-9-13-22/h4-13,17-19,21H,14-16H2,1-3H3,(H,28,29,30)/t19-,21+/m0/s1. The third-order valence-electron chi connectivity index (χ3n) is 6.43. The average Bonchev–Trinajstić information content (AvgIpc) is 3.14. The summed E-state index contributed by atoms with van der Waals surface area (Å²) in [6, 6.07) is 21.4. The molecule has 0 radical (unpaired) electrons. The van der Waals surface area contributed by atoms with Gasteiger partial charge in [-0.25, -0.2) is 9.97 Å². The van der Waals surface area contributed by atoms with Gasteiger partial charge in [-0.1, -0.05) is 69.3 Å². The molecule has 0 aliphatic heterocycles. The number of fused-ring (bicyclic) bond motifs is 1. The van der Waals surface area contributed by atoms with Crippen LogP contribution in [0.1, 0.15) is 40.0 Å². The molecule has 4 nitrogen and oxygen atoms in total. The summed E-state index contributed by atoms with van der Waals surface area (Å²) >= 11 is 0. The molecule has 2 atom stereocenters. The summed E-state index contributed by atoms with van der Waals surface area (Å²) in [5.74, 6) is 1.65. The Kier molecular flexibility index (Phi) is 5.01. The van der Waals surface area contributed by atoms with Crippen LogP contribution in [0.3, 0.4) is 0 Å². The highest BCUT2D eigenvalue weighted by Gasteiger charge is 2.32. The van der Waals surface area contributed by atoms with Crippen molar-refractivity contribution in [2.75, 3.05) is 5.32 Å². The molecule has 0 amide bonds. The van der Waals surface area contributed by atoms with Gasteiger partial charge in [0, 0.05) is 23.5 Å². The molecule has 4 aromatic rings. The lowest BCUT2D eigenvalue weighted by atomic mass is 9.70. The van der Waals surface area contributed by atoms with E-state index in [1.807, 2.05) is 6.07 Å². The molecular formula is C27H30N4. The van der Waals surface area contributed by atoms with Crippen molar-refractivity contribution in [1.82, 2.24) is 14.5 Å². The first-order valence-corrected chi connectivity index (χ1v) is 11.2. The van der Waals surface area contributed by atoms with Crippen molar-refractivity contribution in [2.24, 2.45) is 11.3 Å². The molecule has 158 valence electrons. The fourth-order valence-electron chi connectivity index (χ4n) is 5.44. The molecule has 5 rings (SSSR count). The quantitative estimate of drug-likeness (QED) is 0.406. The van der Waals surface area contributed by atoms with Gasteiger partial charge < -0.3 is 9.88 Å². The number of anilines is 1. The zero-order chi connectivity index (χ0) is 21.4. The minimum Gasteiger partial charge on any atom is -0.367 e. The Labute approximate surface area is 184 Å². The molecule has 0 saturated heterocycles. The fraction of sp³-hybridized carbons (Fsp3) is 0.333. The molecule has 2 aromatic heterocycles. The second-order valence-corrected chi connectivity index (χ2v) is 9.79. The van der Waals surface area contributed by atoms with E-state index in [1.165, 1.54) is 18.4 Å². The summed E-state index contributed by atoms with van der Waals surface area (Å²) in [4.78, 5) is 9.44. The summed E-state index contributed by atoms with van der Waals surface area (Å²) < 4.78 is 2.18. The van der Waals surface area contributed by atoms with Crippen LogP contribution in [-0.2, 0) is 0 Å². The molecule has 1 N–H and O–H groups in total. The number of rotatable bonds is 4. The van der Waals surface area contributed by atoms with Crippen molar-refractivity contribution in [3.63, 3.8) is 0 Å². The Morgan fingerprint density at radius 2 is 1.65 bits per heavy atom. The Balaban J connectivity index is 1.65. The summed E-state index contributed by atoms with van der Waals surface area (Å²) in [7, 11) is 0. The number of nitrogens with zero attached hydrogens (tertiary/aromatic N) is 3. The number of hydrogen-bond acceptors (Lipinski definition) is 3. The number of hydrogen-bond donors (Lipinski definition) is 1. The van der Waals surface area contributed by atoms with Crippen molar-refractivity contribution >= 4 is 16.9 Å². The third kappa shape index (κ3) is 3.95. The van der Waals surface area contributed by atoms with Crippen LogP contribution < -0.4 is 5.32 Å². The van der Waals surface area contributed by atoms with Gasteiger partial charge in [-0.3, -0.25) is 0 Å². The van der Waals surface area contributed by atoms with Gasteiger partial charge in [0.15, 0.2) is 5.65 Å². The molecule has 1 saturated carbocycles. The van der Waals surface area contributed by atoms with E-state index in [4.69, 9.17) is 9.97 Å². The van der Waals surface area contributed by atoms with Crippen molar-refractivity contribution in [3.05, 3.63) is 73.2 Å². The second kappa shape index (κ2) is 7.84. The van der Waals surface area contributed by atoms with Crippen LogP contribution in [-0.4, -0.2) is 20.6 Å². The zero-order valence-electron chi connectivity index (χ0n) is 18.5. The third-order valence-corrected chi connectivity index (χ3v) is 6.43. The highest BCUT2D eigenvalue weighted by molar-refractivity contribution is 6.02. The van der Waals surface area contributed by atoms with Crippen LogP contribution in [0.15, 0.2) is 73.2 Å². The lowest BCUT2D eigenvalue weighted by molar-refractivity contribution is 0.178. The normalized spacial score (nSPS) is 20.6. The lowest BCUT2D eigenvalue weighted by Gasteiger charge is -2.39. The summed E-state index contributed by atoms with van der Waals surface area (Å²) in [5, 5.41) is 4.91. The van der Waals surface area contributed by atoms with Gasteiger partial charge in [0.05, 0.1) is 5.39 Å². The summed E-state index contributed by atoms with van der Waals surface area (Å²) in [5.41, 5.74) is 4.72. The van der Waals surface area contributed by atoms with E-state index in [1.54, 1.807) is 6.33 Å². The SMILES string of the molecule is C[C@H]1C[C@@H](Nc2ncnc3c2c(-c2ccccc2)cn3-c2ccccc2)CC(C)(C)C1. The van der Waals surface area contributed by atoms with E-state index < -0.39 is 0 Å². The van der Waals surface area contributed by atoms with Crippen LogP contribution in [0.5, 0.6) is 0 Å². The minimum absolute atomic E-state index is 0.347. The molecule has 1 aliphatic rings. The molecular weight excluding hydrogens is 380 g/mol. The van der Waals surface area contributed by atoms with Crippen molar-refractivity contribution in [2.45, 2.75) is 46.1 Å². The Morgan fingerprint density at radius 1 is 0.935 bits per heavy atom. The van der Waals surface area contributed by atoms with Gasteiger partial charge in [-0.15, -0.1) is 0 Å². The topological polar surface area (TPSA) is 42.7 Å². The summed E-state index contributed by atoms with van der Waals surface area (Å²) in [6.07, 6.45) is 7.50. The Morgan fingerprint density at radius 3 is 2.35 bits per heavy atom. The molecule has 2 heterocycles. The first-order chi connectivity index (χ1) is 15.0. The monoisotopic (exact) mass is 410 g/mol. The van der Waals surface area contributed by atoms with Crippen LogP contribution in [0.2, 0.25) is 0 Å². The van der Waals surface area contributed by atoms with Crippen molar-refractivity contribution < 1.29 is 0 Å². The Bertz CT molecular complexity index is 1180. The minimum atomic E-state index is 0.347. The smallest absolute Gasteiger partial charge is 0.150 e. The number of benzene rings is 2. The zero-order valence-corrected chi connectivity index (χ0v) is 18.5. The molecule has 4 heteroatoms. The van der Waals surface area contributed by atoms with E-state index >= 15 is 0 Å². The number of para-hydroxylation sites is 1. The molecule has 1 fully saturated rings. The molecule has 1 aliphatic carbocycles. The highest BCUT2D eigenvalue weighted by atomic mass is 15.1. The first-order valence-electron chi connectivity index (χ1n) is 11.2. The molecule has 31 heavy (non-hydrogen) atoms. The maximum absolute atomic E-state index is 4.73. The van der Waals surface area contributed by atoms with E-state index in [0.29, 0.717) is 17.4 Å². The highest BCUT2D eigenvalue weighted by Crippen LogP contribution is 2.41. The predicted octanol–water partition coefficient (Wildman–Crippen LogP) is 6.71. The number of nitrogens with one attached hydrogen (secondary N) is 1. The largest absolute Gasteiger partial charge is 0.367 e. The van der Waals surface area contributed by atoms with Gasteiger partial charge in [0.2, 0.25) is 0 Å². The maximum atomic E-state index is 4.73. The van der Waals surface area contributed by atoms with Crippen LogP contribution in [0.25, 0.3) is 27.8 Å². The van der Waals surface area contributed by atoms with Gasteiger partial charge in [-0.05, 0) is 48.3 Å². The second-order valence-electron chi connectivity index (χ2n) is 9.79. The van der Waals surface area contributed by atoms with Gasteiger partial charge in [-0.2, -0.15) is 0 Å². The van der Waals surface area contributed by atoms with Crippen molar-refractivity contribution in [3.8, 4) is 16.8 Å². The van der Waals surface area contributed by atoms with Crippen LogP contribution in [0, 0.1) is 11.3 Å². The maximum Gasteiger partial charge on any atom is 0.150 e. The Hall–Kier alpha value is -3.14. The average molecular weight is 411 g/mol.